The lowest BCUT2D eigenvalue weighted by Gasteiger charge is -2.37. The number of aliphatic hydroxyl groups is 1. The molecule has 3 aromatic rings. The van der Waals surface area contributed by atoms with Gasteiger partial charge in [-0.05, 0) is 39.8 Å². The van der Waals surface area contributed by atoms with Crippen LogP contribution in [0.15, 0.2) is 42.5 Å². The summed E-state index contributed by atoms with van der Waals surface area (Å²) >= 11 is 0. The monoisotopic (exact) mass is 294 g/mol. The van der Waals surface area contributed by atoms with Gasteiger partial charge in [-0.1, -0.05) is 35.8 Å². The zero-order chi connectivity index (χ0) is 16.0. The van der Waals surface area contributed by atoms with E-state index in [1.807, 2.05) is 32.0 Å². The number of aromatic amines is 1. The van der Waals surface area contributed by atoms with E-state index in [0.29, 0.717) is 0 Å². The maximum atomic E-state index is 10.2. The molecule has 113 valence electrons. The van der Waals surface area contributed by atoms with Gasteiger partial charge >= 0.3 is 7.48 Å². The number of hydrogen-bond acceptors (Lipinski definition) is 2. The Kier molecular flexibility index (Phi) is 3.54. The lowest BCUT2D eigenvalue weighted by Crippen LogP contribution is -2.49. The van der Waals surface area contributed by atoms with Gasteiger partial charge in [0.2, 0.25) is 0 Å². The Bertz CT molecular complexity index is 815. The van der Waals surface area contributed by atoms with Crippen LogP contribution in [0.1, 0.15) is 27.7 Å². The molecule has 0 amide bonds. The van der Waals surface area contributed by atoms with Crippen LogP contribution in [0.3, 0.4) is 0 Å². The second kappa shape index (κ2) is 5.15. The largest absolute Gasteiger partial charge is 0.427 e. The quantitative estimate of drug-likeness (QED) is 0.726. The first kappa shape index (κ1) is 15.1. The maximum absolute atomic E-state index is 10.2. The number of fused-ring (bicyclic) bond motifs is 3. The average molecular weight is 294 g/mol. The van der Waals surface area contributed by atoms with Crippen molar-refractivity contribution in [1.82, 2.24) is 4.98 Å². The van der Waals surface area contributed by atoms with Crippen LogP contribution in [0.4, 0.5) is 0 Å². The minimum absolute atomic E-state index is 0.665. The highest BCUT2D eigenvalue weighted by atomic mass is 16.5. The third-order valence-corrected chi connectivity index (χ3v) is 4.49. The summed E-state index contributed by atoms with van der Waals surface area (Å²) in [5, 5.41) is 12.5. The van der Waals surface area contributed by atoms with E-state index in [1.165, 1.54) is 10.8 Å². The van der Waals surface area contributed by atoms with Gasteiger partial charge in [-0.2, -0.15) is 0 Å². The van der Waals surface area contributed by atoms with E-state index < -0.39 is 11.2 Å². The molecule has 0 aliphatic carbocycles. The van der Waals surface area contributed by atoms with Gasteiger partial charge in [-0.15, -0.1) is 0 Å². The molecule has 0 spiro atoms. The summed E-state index contributed by atoms with van der Waals surface area (Å²) < 4.78 is 5.83. The second-order valence-electron chi connectivity index (χ2n) is 6.78. The first-order valence-electron chi connectivity index (χ1n) is 7.52. The molecule has 0 aliphatic heterocycles. The first-order chi connectivity index (χ1) is 10.3. The molecular formula is C18H21BNO2. The van der Waals surface area contributed by atoms with Crippen LogP contribution in [0.2, 0.25) is 0 Å². The van der Waals surface area contributed by atoms with Gasteiger partial charge in [0.25, 0.3) is 0 Å². The Morgan fingerprint density at radius 2 is 1.64 bits per heavy atom. The van der Waals surface area contributed by atoms with Crippen LogP contribution < -0.4 is 5.46 Å². The SMILES string of the molecule is CC(C)(O)C(C)(C)O[B]c1ccc2[nH]c3ccccc3c2c1. The molecule has 0 bridgehead atoms. The molecule has 3 nitrogen and oxygen atoms in total. The van der Waals surface area contributed by atoms with Gasteiger partial charge in [0, 0.05) is 21.8 Å². The minimum atomic E-state index is -0.922. The van der Waals surface area contributed by atoms with Crippen molar-refractivity contribution >= 4 is 34.8 Å². The Morgan fingerprint density at radius 1 is 0.955 bits per heavy atom. The van der Waals surface area contributed by atoms with Crippen LogP contribution in [0, 0.1) is 0 Å². The highest BCUT2D eigenvalue weighted by Crippen LogP contribution is 2.26. The van der Waals surface area contributed by atoms with Gasteiger partial charge in [0.05, 0.1) is 11.2 Å². The normalized spacial score (nSPS) is 13.0. The molecule has 22 heavy (non-hydrogen) atoms. The zero-order valence-corrected chi connectivity index (χ0v) is 13.5. The summed E-state index contributed by atoms with van der Waals surface area (Å²) in [6, 6.07) is 14.4. The first-order valence-corrected chi connectivity index (χ1v) is 7.52. The van der Waals surface area contributed by atoms with Crippen LogP contribution in [0.25, 0.3) is 21.8 Å². The molecular weight excluding hydrogens is 273 g/mol. The molecule has 2 aromatic carbocycles. The Morgan fingerprint density at radius 3 is 2.36 bits per heavy atom. The molecule has 1 aromatic heterocycles. The summed E-state index contributed by atoms with van der Waals surface area (Å²) in [6.45, 7) is 7.27. The molecule has 0 aliphatic rings. The number of aromatic nitrogens is 1. The lowest BCUT2D eigenvalue weighted by atomic mass is 9.82. The lowest BCUT2D eigenvalue weighted by molar-refractivity contribution is -0.0893. The minimum Gasteiger partial charge on any atom is -0.427 e. The molecule has 4 heteroatoms. The molecule has 1 radical (unpaired) electrons. The average Bonchev–Trinajstić information content (AvgIpc) is 2.82. The van der Waals surface area contributed by atoms with Crippen molar-refractivity contribution < 1.29 is 9.76 Å². The predicted octanol–water partition coefficient (Wildman–Crippen LogP) is 3.13. The van der Waals surface area contributed by atoms with Crippen molar-refractivity contribution in [1.29, 1.82) is 0 Å². The van der Waals surface area contributed by atoms with E-state index >= 15 is 0 Å². The second-order valence-corrected chi connectivity index (χ2v) is 6.78. The van der Waals surface area contributed by atoms with Crippen LogP contribution in [0.5, 0.6) is 0 Å². The van der Waals surface area contributed by atoms with E-state index in [9.17, 15) is 5.11 Å². The fraction of sp³-hybridized carbons (Fsp3) is 0.333. The third kappa shape index (κ3) is 2.64. The topological polar surface area (TPSA) is 45.2 Å². The maximum Gasteiger partial charge on any atom is 0.330 e. The molecule has 1 heterocycles. The highest BCUT2D eigenvalue weighted by Gasteiger charge is 2.35. The molecule has 0 saturated carbocycles. The fourth-order valence-corrected chi connectivity index (χ4v) is 2.30. The van der Waals surface area contributed by atoms with Crippen molar-refractivity contribution in [3.63, 3.8) is 0 Å². The van der Waals surface area contributed by atoms with Gasteiger partial charge < -0.3 is 14.7 Å². The number of para-hydroxylation sites is 1. The summed E-state index contributed by atoms with van der Waals surface area (Å²) in [5.74, 6) is 0. The van der Waals surface area contributed by atoms with E-state index in [2.05, 4.69) is 29.2 Å². The van der Waals surface area contributed by atoms with Gasteiger partial charge in [0.1, 0.15) is 0 Å². The van der Waals surface area contributed by atoms with Crippen molar-refractivity contribution in [2.24, 2.45) is 0 Å². The van der Waals surface area contributed by atoms with E-state index in [1.54, 1.807) is 21.3 Å². The summed E-state index contributed by atoms with van der Waals surface area (Å²) in [6.07, 6.45) is 0. The Hall–Kier alpha value is -1.78. The highest BCUT2D eigenvalue weighted by molar-refractivity contribution is 6.47. The molecule has 0 atom stereocenters. The Balaban J connectivity index is 1.91. The number of rotatable bonds is 4. The van der Waals surface area contributed by atoms with Crippen molar-refractivity contribution in [3.8, 4) is 0 Å². The number of hydrogen-bond donors (Lipinski definition) is 2. The van der Waals surface area contributed by atoms with Gasteiger partial charge in [-0.25, -0.2) is 0 Å². The number of nitrogens with one attached hydrogen (secondary N) is 1. The van der Waals surface area contributed by atoms with Crippen LogP contribution >= 0.6 is 0 Å². The number of H-pyrrole nitrogens is 1. The third-order valence-electron chi connectivity index (χ3n) is 4.49. The zero-order valence-electron chi connectivity index (χ0n) is 13.5. The molecule has 3 rings (SSSR count). The van der Waals surface area contributed by atoms with Gasteiger partial charge in [0.15, 0.2) is 0 Å². The van der Waals surface area contributed by atoms with Crippen LogP contribution in [-0.2, 0) is 4.65 Å². The predicted molar refractivity (Wildman–Crippen MR) is 92.7 cm³/mol. The van der Waals surface area contributed by atoms with Gasteiger partial charge in [-0.3, -0.25) is 0 Å². The molecule has 0 unspecified atom stereocenters. The standard InChI is InChI=1S/C18H21BNO2/c1-17(2,21)18(3,4)22-19-12-9-10-16-14(11-12)13-7-5-6-8-15(13)20-16/h5-11,20-21H,1-4H3. The molecule has 0 fully saturated rings. The van der Waals surface area contributed by atoms with E-state index in [0.717, 1.165) is 16.5 Å². The smallest absolute Gasteiger partial charge is 0.330 e. The van der Waals surface area contributed by atoms with E-state index in [4.69, 9.17) is 4.65 Å². The van der Waals surface area contributed by atoms with Crippen molar-refractivity contribution in [2.45, 2.75) is 38.9 Å². The van der Waals surface area contributed by atoms with Crippen molar-refractivity contribution in [3.05, 3.63) is 42.5 Å². The summed E-state index contributed by atoms with van der Waals surface area (Å²) in [4.78, 5) is 3.41. The van der Waals surface area contributed by atoms with E-state index in [-0.39, 0.29) is 0 Å². The van der Waals surface area contributed by atoms with Crippen molar-refractivity contribution in [2.75, 3.05) is 0 Å². The molecule has 0 saturated heterocycles. The fourth-order valence-electron chi connectivity index (χ4n) is 2.30. The van der Waals surface area contributed by atoms with Crippen LogP contribution in [-0.4, -0.2) is 28.8 Å². The Labute approximate surface area is 131 Å². The molecule has 2 N–H and O–H groups in total. The number of benzene rings is 2. The summed E-state index contributed by atoms with van der Waals surface area (Å²) in [7, 11) is 1.72. The summed E-state index contributed by atoms with van der Waals surface area (Å²) in [5.41, 5.74) is 1.64.